The molecule has 33 heavy (non-hydrogen) atoms. The van der Waals surface area contributed by atoms with Gasteiger partial charge in [-0.3, -0.25) is 9.59 Å². The molecular weight excluding hydrogens is 424 g/mol. The maximum Gasteiger partial charge on any atom is 0.483 e. The molecule has 1 saturated heterocycles. The zero-order chi connectivity index (χ0) is 23.9. The molecule has 2 aliphatic heterocycles. The number of esters is 3. The van der Waals surface area contributed by atoms with Crippen LogP contribution in [0.1, 0.15) is 67.7 Å². The number of ether oxygens (including phenoxy) is 4. The molecule has 0 radical (unpaired) electrons. The van der Waals surface area contributed by atoms with Crippen LogP contribution in [0.5, 0.6) is 0 Å². The highest BCUT2D eigenvalue weighted by Gasteiger charge is 2.77. The van der Waals surface area contributed by atoms with Gasteiger partial charge in [0.2, 0.25) is 0 Å². The molecule has 5 aliphatic rings. The van der Waals surface area contributed by atoms with Crippen LogP contribution in [-0.2, 0) is 33.0 Å². The predicted molar refractivity (Wildman–Crippen MR) is 119 cm³/mol. The van der Waals surface area contributed by atoms with Gasteiger partial charge in [0.05, 0.1) is 13.5 Å². The van der Waals surface area contributed by atoms with Gasteiger partial charge in [-0.15, -0.1) is 0 Å². The fraction of sp³-hybridized carbons (Fsp3) is 0.808. The Labute approximate surface area is 195 Å². The van der Waals surface area contributed by atoms with Gasteiger partial charge in [0.1, 0.15) is 23.7 Å². The maximum atomic E-state index is 12.4. The van der Waals surface area contributed by atoms with Crippen LogP contribution < -0.4 is 0 Å². The average Bonchev–Trinajstić information content (AvgIpc) is 3.50. The van der Waals surface area contributed by atoms with E-state index in [-0.39, 0.29) is 29.4 Å². The van der Waals surface area contributed by atoms with Crippen LogP contribution in [0.25, 0.3) is 0 Å². The molecule has 2 saturated carbocycles. The van der Waals surface area contributed by atoms with Crippen molar-refractivity contribution in [3.05, 3.63) is 11.6 Å². The molecule has 2 spiro atoms. The van der Waals surface area contributed by atoms with Crippen molar-refractivity contribution in [3.8, 4) is 0 Å². The fourth-order valence-corrected chi connectivity index (χ4v) is 7.35. The Hall–Kier alpha value is -1.89. The van der Waals surface area contributed by atoms with E-state index in [1.54, 1.807) is 0 Å². The molecule has 3 fully saturated rings. The quantitative estimate of drug-likeness (QED) is 0.206. The summed E-state index contributed by atoms with van der Waals surface area (Å²) in [6.45, 7) is 14.0. The number of rotatable bonds is 2. The lowest BCUT2D eigenvalue weighted by atomic mass is 9.74. The lowest BCUT2D eigenvalue weighted by molar-refractivity contribution is -0.494. The number of hydrogen-bond acceptors (Lipinski definition) is 6. The Kier molecular flexibility index (Phi) is 5.06. The van der Waals surface area contributed by atoms with Crippen LogP contribution in [0.3, 0.4) is 0 Å². The summed E-state index contributed by atoms with van der Waals surface area (Å²) >= 11 is 0. The monoisotopic (exact) mass is 461 g/mol. The number of allylic oxidation sites excluding steroid dienone is 1. The van der Waals surface area contributed by atoms with E-state index in [1.807, 2.05) is 6.92 Å². The molecular formula is C26H37O7+. The molecule has 0 aromatic carbocycles. The molecule has 9 atom stereocenters. The third kappa shape index (κ3) is 3.44. The highest BCUT2D eigenvalue weighted by Crippen LogP contribution is 2.64. The Morgan fingerprint density at radius 2 is 1.82 bits per heavy atom. The van der Waals surface area contributed by atoms with Crippen molar-refractivity contribution in [1.29, 1.82) is 0 Å². The summed E-state index contributed by atoms with van der Waals surface area (Å²) in [4.78, 5) is 24.5. The van der Waals surface area contributed by atoms with Crippen LogP contribution in [0, 0.1) is 29.1 Å². The Morgan fingerprint density at radius 3 is 2.42 bits per heavy atom. The van der Waals surface area contributed by atoms with Crippen molar-refractivity contribution in [2.24, 2.45) is 29.1 Å². The second kappa shape index (κ2) is 7.30. The number of fused-ring (bicyclic) bond motifs is 1. The van der Waals surface area contributed by atoms with Crippen LogP contribution >= 0.6 is 0 Å². The van der Waals surface area contributed by atoms with E-state index in [4.69, 9.17) is 23.4 Å². The van der Waals surface area contributed by atoms with E-state index in [0.717, 1.165) is 18.4 Å². The molecule has 0 amide bonds. The third-order valence-electron chi connectivity index (χ3n) is 9.01. The molecule has 7 heteroatoms. The lowest BCUT2D eigenvalue weighted by Crippen LogP contribution is -2.57. The highest BCUT2D eigenvalue weighted by molar-refractivity contribution is 5.70. The smallest absolute Gasteiger partial charge is 0.462 e. The molecule has 5 rings (SSSR count). The topological polar surface area (TPSA) is 85.7 Å². The normalized spacial score (nSPS) is 48.6. The van der Waals surface area contributed by atoms with Crippen molar-refractivity contribution in [3.63, 3.8) is 0 Å². The minimum atomic E-state index is -0.803. The first-order valence-electron chi connectivity index (χ1n) is 12.3. The minimum Gasteiger partial charge on any atom is -0.462 e. The molecule has 3 aliphatic carbocycles. The Bertz CT molecular complexity index is 929. The van der Waals surface area contributed by atoms with Gasteiger partial charge in [0.25, 0.3) is 11.7 Å². The molecule has 0 aromatic rings. The van der Waals surface area contributed by atoms with Gasteiger partial charge in [-0.1, -0.05) is 26.8 Å². The standard InChI is InChI=1S/C26H37O7/c1-13-10-19-18(24(19,6)7)8-9-25(12-29-25)23(31-16(4)28)20-21(30-15(3)27)14(2)11-26(20)22(13)32-17(5)33-26/h10,14,18-23H,8-9,11-12H2,1-7H3/q+1/b13-10+/t14-,18?,19?,20?,21-,22-,23+,25-,26+/m0/s1. The summed E-state index contributed by atoms with van der Waals surface area (Å²) in [6.07, 6.45) is 3.39. The highest BCUT2D eigenvalue weighted by atomic mass is 16.7. The predicted octanol–water partition coefficient (Wildman–Crippen LogP) is 3.51. The number of hydrogen-bond donors (Lipinski definition) is 0. The number of epoxide rings is 1. The Balaban J connectivity index is 1.67. The van der Waals surface area contributed by atoms with Gasteiger partial charge < -0.3 is 23.4 Å². The summed E-state index contributed by atoms with van der Waals surface area (Å²) in [6, 6.07) is 0. The summed E-state index contributed by atoms with van der Waals surface area (Å²) in [5, 5.41) is 0. The van der Waals surface area contributed by atoms with E-state index < -0.39 is 29.3 Å². The van der Waals surface area contributed by atoms with Gasteiger partial charge in [-0.05, 0) is 42.6 Å². The zero-order valence-corrected chi connectivity index (χ0v) is 20.8. The molecule has 0 aromatic heterocycles. The molecule has 3 unspecified atom stereocenters. The summed E-state index contributed by atoms with van der Waals surface area (Å²) in [7, 11) is 0. The molecule has 0 N–H and O–H groups in total. The SMILES string of the molecule is CC(=O)O[C@@H]1C2[C@@H](OC(C)=O)[C@]3(CCC4C(/C=C(\C)[C@@H]5[O+]=C(C)O[C@]25C[C@@H]1C)C4(C)C)CO3. The maximum absolute atomic E-state index is 12.4. The summed E-state index contributed by atoms with van der Waals surface area (Å²) < 4.78 is 31.0. The molecule has 182 valence electrons. The second-order valence-corrected chi connectivity index (χ2v) is 11.6. The summed E-state index contributed by atoms with van der Waals surface area (Å²) in [5.41, 5.74) is -0.0521. The van der Waals surface area contributed by atoms with Crippen molar-refractivity contribution >= 4 is 17.9 Å². The van der Waals surface area contributed by atoms with Gasteiger partial charge in [-0.25, -0.2) is 0 Å². The summed E-state index contributed by atoms with van der Waals surface area (Å²) in [5.74, 6) is 0.384. The molecule has 7 nitrogen and oxygen atoms in total. The first-order chi connectivity index (χ1) is 15.4. The first-order valence-corrected chi connectivity index (χ1v) is 12.3. The largest absolute Gasteiger partial charge is 0.483 e. The van der Waals surface area contributed by atoms with E-state index in [1.165, 1.54) is 13.8 Å². The van der Waals surface area contributed by atoms with Crippen molar-refractivity contribution < 1.29 is 33.0 Å². The van der Waals surface area contributed by atoms with Crippen molar-refractivity contribution in [2.45, 2.75) is 97.2 Å². The lowest BCUT2D eigenvalue weighted by Gasteiger charge is -2.37. The van der Waals surface area contributed by atoms with Crippen LogP contribution in [0.15, 0.2) is 11.6 Å². The van der Waals surface area contributed by atoms with Gasteiger partial charge in [-0.2, -0.15) is 0 Å². The zero-order valence-electron chi connectivity index (χ0n) is 20.8. The fourth-order valence-electron chi connectivity index (χ4n) is 7.35. The minimum absolute atomic E-state index is 0.00520. The van der Waals surface area contributed by atoms with Crippen LogP contribution in [-0.4, -0.2) is 54.0 Å². The van der Waals surface area contributed by atoms with E-state index >= 15 is 0 Å². The molecule has 0 bridgehead atoms. The second-order valence-electron chi connectivity index (χ2n) is 11.6. The Morgan fingerprint density at radius 1 is 1.15 bits per heavy atom. The van der Waals surface area contributed by atoms with Crippen molar-refractivity contribution in [1.82, 2.24) is 0 Å². The number of carbonyl (C=O) groups is 2. The first kappa shape index (κ1) is 22.9. The average molecular weight is 462 g/mol. The van der Waals surface area contributed by atoms with E-state index in [9.17, 15) is 9.59 Å². The van der Waals surface area contributed by atoms with Gasteiger partial charge >= 0.3 is 17.9 Å². The number of carbonyl (C=O) groups excluding carboxylic acids is 3. The van der Waals surface area contributed by atoms with Crippen molar-refractivity contribution in [2.75, 3.05) is 6.61 Å². The van der Waals surface area contributed by atoms with Crippen LogP contribution in [0.2, 0.25) is 0 Å². The van der Waals surface area contributed by atoms with E-state index in [2.05, 4.69) is 33.8 Å². The van der Waals surface area contributed by atoms with Gasteiger partial charge in [0.15, 0.2) is 0 Å². The third-order valence-corrected chi connectivity index (χ3v) is 9.01. The van der Waals surface area contributed by atoms with E-state index in [0.29, 0.717) is 30.8 Å². The van der Waals surface area contributed by atoms with Gasteiger partial charge in [0, 0.05) is 26.2 Å². The molecule has 2 heterocycles. The van der Waals surface area contributed by atoms with Crippen LogP contribution in [0.4, 0.5) is 0 Å².